The third-order valence-corrected chi connectivity index (χ3v) is 3.29. The van der Waals surface area contributed by atoms with Crippen LogP contribution < -0.4 is 0 Å². The van der Waals surface area contributed by atoms with E-state index in [4.69, 9.17) is 0 Å². The number of nitrogens with zero attached hydrogens (tertiary/aromatic N) is 1. The van der Waals surface area contributed by atoms with Gasteiger partial charge in [-0.15, -0.1) is 0 Å². The van der Waals surface area contributed by atoms with Crippen molar-refractivity contribution in [3.05, 3.63) is 30.3 Å². The first-order chi connectivity index (χ1) is 6.95. The van der Waals surface area contributed by atoms with Crippen molar-refractivity contribution in [2.45, 2.75) is 37.0 Å². The van der Waals surface area contributed by atoms with Crippen molar-refractivity contribution in [3.8, 4) is 0 Å². The minimum atomic E-state index is 1.21. The van der Waals surface area contributed by atoms with Gasteiger partial charge < -0.3 is 0 Å². The summed E-state index contributed by atoms with van der Waals surface area (Å²) in [5.74, 6) is 0. The Hall–Kier alpha value is -0.760. The maximum atomic E-state index is 4.59. The predicted octanol–water partition coefficient (Wildman–Crippen LogP) is 4.10. The lowest BCUT2D eigenvalue weighted by molar-refractivity contribution is 0.668. The van der Waals surface area contributed by atoms with Crippen molar-refractivity contribution < 1.29 is 0 Å². The van der Waals surface area contributed by atoms with Gasteiger partial charge in [0.1, 0.15) is 0 Å². The molecule has 0 bridgehead atoms. The van der Waals surface area contributed by atoms with Gasteiger partial charge >= 0.3 is 0 Å². The van der Waals surface area contributed by atoms with Gasteiger partial charge in [0.05, 0.1) is 0 Å². The molecular weight excluding hydrogens is 190 g/mol. The van der Waals surface area contributed by atoms with Crippen LogP contribution in [0.3, 0.4) is 0 Å². The maximum absolute atomic E-state index is 4.59. The summed E-state index contributed by atoms with van der Waals surface area (Å²) in [6, 6.07) is 10.4. The molecule has 1 nitrogen and oxygen atoms in total. The van der Waals surface area contributed by atoms with E-state index in [2.05, 4.69) is 28.7 Å². The summed E-state index contributed by atoms with van der Waals surface area (Å²) in [4.78, 5) is 1.24. The molecule has 0 unspecified atom stereocenters. The first-order valence-corrected chi connectivity index (χ1v) is 6.00. The molecule has 0 amide bonds. The van der Waals surface area contributed by atoms with Crippen LogP contribution in [0.2, 0.25) is 0 Å². The predicted molar refractivity (Wildman–Crippen MR) is 62.8 cm³/mol. The highest BCUT2D eigenvalue weighted by atomic mass is 32.2. The van der Waals surface area contributed by atoms with Gasteiger partial charge in [0.15, 0.2) is 0 Å². The van der Waals surface area contributed by atoms with Crippen LogP contribution in [0, 0.1) is 0 Å². The SMILES string of the molecule is c1ccc(SN=C2CCCCC2)cc1. The Kier molecular flexibility index (Phi) is 3.64. The molecule has 1 fully saturated rings. The minimum absolute atomic E-state index is 1.21. The fourth-order valence-electron chi connectivity index (χ4n) is 1.65. The smallest absolute Gasteiger partial charge is 0.0305 e. The molecule has 0 radical (unpaired) electrons. The second-order valence-electron chi connectivity index (χ2n) is 3.62. The van der Waals surface area contributed by atoms with E-state index in [-0.39, 0.29) is 0 Å². The molecule has 0 N–H and O–H groups in total. The molecule has 0 aliphatic heterocycles. The van der Waals surface area contributed by atoms with E-state index in [1.54, 1.807) is 11.9 Å². The molecule has 0 heterocycles. The van der Waals surface area contributed by atoms with Crippen LogP contribution in [0.4, 0.5) is 0 Å². The van der Waals surface area contributed by atoms with Crippen molar-refractivity contribution >= 4 is 17.7 Å². The molecule has 0 aromatic heterocycles. The molecule has 1 aromatic carbocycles. The highest BCUT2D eigenvalue weighted by molar-refractivity contribution is 7.98. The molecule has 1 aliphatic carbocycles. The van der Waals surface area contributed by atoms with Gasteiger partial charge in [-0.3, -0.25) is 0 Å². The summed E-state index contributed by atoms with van der Waals surface area (Å²) in [5, 5.41) is 0. The third-order valence-electron chi connectivity index (χ3n) is 2.45. The Morgan fingerprint density at radius 3 is 2.36 bits per heavy atom. The standard InChI is InChI=1S/C12H15NS/c1-3-7-11(8-4-1)13-14-12-9-5-2-6-10-12/h2,5-6,9-10H,1,3-4,7-8H2. The Labute approximate surface area is 89.8 Å². The average molecular weight is 205 g/mol. The van der Waals surface area contributed by atoms with E-state index < -0.39 is 0 Å². The number of hydrogen-bond acceptors (Lipinski definition) is 2. The van der Waals surface area contributed by atoms with Gasteiger partial charge in [0, 0.05) is 22.6 Å². The molecule has 0 spiro atoms. The quantitative estimate of drug-likeness (QED) is 0.662. The second-order valence-corrected chi connectivity index (χ2v) is 4.46. The molecule has 0 saturated heterocycles. The lowest BCUT2D eigenvalue weighted by Crippen LogP contribution is -2.03. The fraction of sp³-hybridized carbons (Fsp3) is 0.417. The summed E-state index contributed by atoms with van der Waals surface area (Å²) >= 11 is 1.61. The highest BCUT2D eigenvalue weighted by Gasteiger charge is 2.06. The van der Waals surface area contributed by atoms with Gasteiger partial charge in [-0.1, -0.05) is 24.6 Å². The van der Waals surface area contributed by atoms with E-state index >= 15 is 0 Å². The Balaban J connectivity index is 1.92. The zero-order valence-electron chi connectivity index (χ0n) is 8.28. The Bertz CT molecular complexity index is 297. The van der Waals surface area contributed by atoms with Crippen molar-refractivity contribution in [2.75, 3.05) is 0 Å². The molecule has 1 aromatic rings. The third kappa shape index (κ3) is 2.88. The minimum Gasteiger partial charge on any atom is -0.220 e. The molecular formula is C12H15NS. The summed E-state index contributed by atoms with van der Waals surface area (Å²) in [6.07, 6.45) is 6.46. The van der Waals surface area contributed by atoms with Crippen molar-refractivity contribution in [1.29, 1.82) is 0 Å². The normalized spacial score (nSPS) is 16.7. The molecule has 74 valence electrons. The summed E-state index contributed by atoms with van der Waals surface area (Å²) in [6.45, 7) is 0. The van der Waals surface area contributed by atoms with Crippen molar-refractivity contribution in [2.24, 2.45) is 4.40 Å². The van der Waals surface area contributed by atoms with Gasteiger partial charge in [-0.25, -0.2) is 4.40 Å². The van der Waals surface area contributed by atoms with Gasteiger partial charge in [-0.2, -0.15) is 0 Å². The van der Waals surface area contributed by atoms with E-state index in [1.807, 2.05) is 6.07 Å². The Morgan fingerprint density at radius 2 is 1.64 bits per heavy atom. The summed E-state index contributed by atoms with van der Waals surface area (Å²) in [5.41, 5.74) is 1.39. The van der Waals surface area contributed by atoms with Crippen LogP contribution in [0.1, 0.15) is 32.1 Å². The van der Waals surface area contributed by atoms with E-state index in [0.717, 1.165) is 0 Å². The van der Waals surface area contributed by atoms with Crippen LogP contribution in [-0.4, -0.2) is 5.71 Å². The average Bonchev–Trinajstić information content (AvgIpc) is 2.29. The summed E-state index contributed by atoms with van der Waals surface area (Å²) in [7, 11) is 0. The van der Waals surface area contributed by atoms with Crippen LogP contribution in [0.25, 0.3) is 0 Å². The van der Waals surface area contributed by atoms with E-state index in [1.165, 1.54) is 42.7 Å². The lowest BCUT2D eigenvalue weighted by Gasteiger charge is -2.11. The summed E-state index contributed by atoms with van der Waals surface area (Å²) < 4.78 is 4.59. The van der Waals surface area contributed by atoms with Crippen LogP contribution >= 0.6 is 11.9 Å². The maximum Gasteiger partial charge on any atom is 0.0305 e. The van der Waals surface area contributed by atoms with Crippen LogP contribution in [0.5, 0.6) is 0 Å². The highest BCUT2D eigenvalue weighted by Crippen LogP contribution is 2.22. The second kappa shape index (κ2) is 5.20. The van der Waals surface area contributed by atoms with Crippen molar-refractivity contribution in [1.82, 2.24) is 0 Å². The van der Waals surface area contributed by atoms with Crippen molar-refractivity contribution in [3.63, 3.8) is 0 Å². The van der Waals surface area contributed by atoms with Gasteiger partial charge in [-0.05, 0) is 37.8 Å². The van der Waals surface area contributed by atoms with Gasteiger partial charge in [0.2, 0.25) is 0 Å². The number of benzene rings is 1. The van der Waals surface area contributed by atoms with Crippen LogP contribution in [-0.2, 0) is 0 Å². The molecule has 14 heavy (non-hydrogen) atoms. The fourth-order valence-corrected chi connectivity index (χ4v) is 2.35. The monoisotopic (exact) mass is 205 g/mol. The molecule has 1 aliphatic rings. The van der Waals surface area contributed by atoms with Gasteiger partial charge in [0.25, 0.3) is 0 Å². The lowest BCUT2D eigenvalue weighted by atomic mass is 9.99. The zero-order valence-corrected chi connectivity index (χ0v) is 9.09. The molecule has 0 atom stereocenters. The first-order valence-electron chi connectivity index (χ1n) is 5.23. The molecule has 1 saturated carbocycles. The number of hydrogen-bond donors (Lipinski definition) is 0. The zero-order chi connectivity index (χ0) is 9.64. The largest absolute Gasteiger partial charge is 0.220 e. The molecule has 2 rings (SSSR count). The van der Waals surface area contributed by atoms with E-state index in [9.17, 15) is 0 Å². The first kappa shape index (κ1) is 9.78. The van der Waals surface area contributed by atoms with Crippen LogP contribution in [0.15, 0.2) is 39.6 Å². The van der Waals surface area contributed by atoms with E-state index in [0.29, 0.717) is 0 Å². The molecule has 2 heteroatoms. The number of rotatable bonds is 2. The topological polar surface area (TPSA) is 12.4 Å². The Morgan fingerprint density at radius 1 is 0.929 bits per heavy atom.